The number of amides is 3. The van der Waals surface area contributed by atoms with Crippen molar-refractivity contribution >= 4 is 33.6 Å². The number of benzene rings is 4. The molecule has 0 radical (unpaired) electrons. The highest BCUT2D eigenvalue weighted by atomic mass is 32.2. The predicted octanol–water partition coefficient (Wildman–Crippen LogP) is 6.07. The molecular weight excluding hydrogens is 752 g/mol. The summed E-state index contributed by atoms with van der Waals surface area (Å²) < 4.78 is 67.0. The van der Waals surface area contributed by atoms with Crippen LogP contribution in [0.2, 0.25) is 0 Å². The number of aliphatic carboxylic acids is 1. The number of nitrogens with zero attached hydrogens (tertiary/aromatic N) is 3. The fourth-order valence-corrected chi connectivity index (χ4v) is 8.06. The maximum Gasteiger partial charge on any atom is 0.490 e. The van der Waals surface area contributed by atoms with Crippen LogP contribution in [0.15, 0.2) is 114 Å². The molecular formula is C40H44F3N5O7S. The number of likely N-dealkylation sites (tertiary alicyclic amines) is 1. The van der Waals surface area contributed by atoms with E-state index in [9.17, 15) is 31.2 Å². The van der Waals surface area contributed by atoms with E-state index in [-0.39, 0.29) is 30.6 Å². The van der Waals surface area contributed by atoms with E-state index in [1.807, 2.05) is 60.7 Å². The van der Waals surface area contributed by atoms with Gasteiger partial charge in [0, 0.05) is 37.9 Å². The van der Waals surface area contributed by atoms with Gasteiger partial charge in [-0.3, -0.25) is 9.69 Å². The van der Waals surface area contributed by atoms with Crippen molar-refractivity contribution in [1.82, 2.24) is 19.4 Å². The number of anilines is 1. The molecule has 12 nitrogen and oxygen atoms in total. The number of hydrogen-bond acceptors (Lipinski definition) is 7. The lowest BCUT2D eigenvalue weighted by molar-refractivity contribution is -0.192. The summed E-state index contributed by atoms with van der Waals surface area (Å²) in [6.45, 7) is 4.84. The van der Waals surface area contributed by atoms with Gasteiger partial charge in [-0.25, -0.2) is 18.0 Å². The molecule has 2 aliphatic rings. The van der Waals surface area contributed by atoms with Crippen LogP contribution < -0.4 is 15.4 Å². The number of urea groups is 1. The molecule has 0 aromatic heterocycles. The van der Waals surface area contributed by atoms with E-state index < -0.39 is 40.1 Å². The number of carbonyl (C=O) groups is 3. The van der Waals surface area contributed by atoms with Crippen molar-refractivity contribution in [2.45, 2.75) is 49.5 Å². The smallest absolute Gasteiger partial charge is 0.489 e. The first-order valence-electron chi connectivity index (χ1n) is 18.1. The molecule has 2 saturated heterocycles. The van der Waals surface area contributed by atoms with E-state index in [1.54, 1.807) is 48.5 Å². The number of carboxylic acids is 1. The lowest BCUT2D eigenvalue weighted by atomic mass is 10.1. The van der Waals surface area contributed by atoms with E-state index in [2.05, 4.69) is 22.5 Å². The van der Waals surface area contributed by atoms with Crippen molar-refractivity contribution in [2.75, 3.05) is 44.6 Å². The van der Waals surface area contributed by atoms with Gasteiger partial charge in [0.25, 0.3) is 0 Å². The van der Waals surface area contributed by atoms with Crippen molar-refractivity contribution in [3.05, 3.63) is 115 Å². The Morgan fingerprint density at radius 2 is 1.45 bits per heavy atom. The highest BCUT2D eigenvalue weighted by Gasteiger charge is 2.42. The van der Waals surface area contributed by atoms with Gasteiger partial charge < -0.3 is 25.4 Å². The first-order chi connectivity index (χ1) is 26.8. The lowest BCUT2D eigenvalue weighted by Crippen LogP contribution is -2.62. The molecule has 0 unspecified atom stereocenters. The molecule has 0 saturated carbocycles. The molecule has 2 fully saturated rings. The number of hydrogen-bond donors (Lipinski definition) is 3. The Bertz CT molecular complexity index is 2020. The second kappa shape index (κ2) is 18.9. The molecule has 2 atom stereocenters. The van der Waals surface area contributed by atoms with Crippen molar-refractivity contribution in [2.24, 2.45) is 0 Å². The van der Waals surface area contributed by atoms with Crippen LogP contribution in [0.1, 0.15) is 25.3 Å². The van der Waals surface area contributed by atoms with Crippen LogP contribution in [-0.2, 0) is 26.2 Å². The van der Waals surface area contributed by atoms with E-state index in [1.165, 1.54) is 9.21 Å². The largest absolute Gasteiger partial charge is 0.490 e. The molecule has 4 aromatic carbocycles. The van der Waals surface area contributed by atoms with Crippen LogP contribution in [0.5, 0.6) is 5.75 Å². The highest BCUT2D eigenvalue weighted by Crippen LogP contribution is 2.27. The van der Waals surface area contributed by atoms with Crippen LogP contribution in [0.4, 0.5) is 23.7 Å². The number of alkyl halides is 3. The van der Waals surface area contributed by atoms with Crippen molar-refractivity contribution in [1.29, 1.82) is 0 Å². The SMILES string of the molecule is CCN1CCC[C@H]1CNC(=O)[C@@H]1CN(C(=O)Nc2ccc(OCc3ccccc3)cc2)CCN1S(=O)(=O)c1ccc(-c2ccccc2)cc1.O=C(O)C(F)(F)F. The molecule has 0 bridgehead atoms. The number of rotatable bonds is 11. The van der Waals surface area contributed by atoms with Gasteiger partial charge in [0.1, 0.15) is 18.4 Å². The third-order valence-electron chi connectivity index (χ3n) is 9.50. The molecule has 3 amide bonds. The Balaban J connectivity index is 0.000000784. The summed E-state index contributed by atoms with van der Waals surface area (Å²) in [5, 5.41) is 13.0. The van der Waals surface area contributed by atoms with Crippen LogP contribution in [0.25, 0.3) is 11.1 Å². The van der Waals surface area contributed by atoms with Gasteiger partial charge in [0.15, 0.2) is 0 Å². The van der Waals surface area contributed by atoms with E-state index in [0.717, 1.165) is 42.6 Å². The molecule has 6 rings (SSSR count). The maximum absolute atomic E-state index is 14.1. The minimum absolute atomic E-state index is 0.0228. The van der Waals surface area contributed by atoms with Crippen LogP contribution >= 0.6 is 0 Å². The second-order valence-corrected chi connectivity index (χ2v) is 15.1. The maximum atomic E-state index is 14.1. The molecule has 2 heterocycles. The zero-order valence-electron chi connectivity index (χ0n) is 30.7. The predicted molar refractivity (Wildman–Crippen MR) is 204 cm³/mol. The summed E-state index contributed by atoms with van der Waals surface area (Å²) >= 11 is 0. The van der Waals surface area contributed by atoms with Crippen LogP contribution in [0, 0.1) is 0 Å². The number of sulfonamides is 1. The summed E-state index contributed by atoms with van der Waals surface area (Å²) in [5.41, 5.74) is 3.48. The third-order valence-corrected chi connectivity index (χ3v) is 11.4. The molecule has 16 heteroatoms. The first-order valence-corrected chi connectivity index (χ1v) is 19.5. The zero-order chi connectivity index (χ0) is 40.3. The summed E-state index contributed by atoms with van der Waals surface area (Å²) in [4.78, 5) is 40.1. The van der Waals surface area contributed by atoms with Gasteiger partial charge in [-0.15, -0.1) is 0 Å². The topological polar surface area (TPSA) is 149 Å². The Morgan fingerprint density at radius 1 is 0.839 bits per heavy atom. The van der Waals surface area contributed by atoms with Crippen molar-refractivity contribution in [3.8, 4) is 16.9 Å². The van der Waals surface area contributed by atoms with E-state index in [0.29, 0.717) is 24.6 Å². The number of nitrogens with one attached hydrogen (secondary N) is 2. The number of halogens is 3. The Morgan fingerprint density at radius 3 is 2.05 bits per heavy atom. The number of piperazine rings is 1. The summed E-state index contributed by atoms with van der Waals surface area (Å²) in [7, 11) is -4.06. The van der Waals surface area contributed by atoms with Crippen molar-refractivity contribution < 1.29 is 45.8 Å². The molecule has 56 heavy (non-hydrogen) atoms. The van der Waals surface area contributed by atoms with Gasteiger partial charge in [0.2, 0.25) is 15.9 Å². The molecule has 0 spiro atoms. The fraction of sp³-hybridized carbons (Fsp3) is 0.325. The Hall–Kier alpha value is -5.45. The van der Waals surface area contributed by atoms with Crippen LogP contribution in [0.3, 0.4) is 0 Å². The standard InChI is InChI=1S/C38H43N5O5S.C2HF3O2/c1-2-41-23-9-14-33(41)26-39-37(44)36-27-42(38(45)40-32-17-19-34(20-18-32)48-28-29-10-5-3-6-11-29)24-25-43(36)49(46,47)35-21-15-31(16-22-35)30-12-7-4-8-13-30;3-2(4,5)1(6)7/h3-8,10-13,15-22,33,36H,2,9,14,23-28H2,1H3,(H,39,44)(H,40,45);(H,6,7)/t33-,36-;/m0./s1. The average Bonchev–Trinajstić information content (AvgIpc) is 3.68. The monoisotopic (exact) mass is 795 g/mol. The van der Waals surface area contributed by atoms with Gasteiger partial charge in [-0.05, 0) is 79.0 Å². The number of ether oxygens (including phenoxy) is 1. The van der Waals surface area contributed by atoms with Gasteiger partial charge >= 0.3 is 18.2 Å². The average molecular weight is 796 g/mol. The Kier molecular flexibility index (Phi) is 14.1. The van der Waals surface area contributed by atoms with Gasteiger partial charge in [-0.2, -0.15) is 17.5 Å². The highest BCUT2D eigenvalue weighted by molar-refractivity contribution is 7.89. The molecule has 298 valence electrons. The summed E-state index contributed by atoms with van der Waals surface area (Å²) in [6.07, 6.45) is -3.05. The zero-order valence-corrected chi connectivity index (χ0v) is 31.5. The fourth-order valence-electron chi connectivity index (χ4n) is 6.49. The van der Waals surface area contributed by atoms with Crippen molar-refractivity contribution in [3.63, 3.8) is 0 Å². The second-order valence-electron chi connectivity index (χ2n) is 13.2. The van der Waals surface area contributed by atoms with Gasteiger partial charge in [0.05, 0.1) is 4.90 Å². The van der Waals surface area contributed by atoms with E-state index >= 15 is 0 Å². The minimum atomic E-state index is -5.08. The molecule has 4 aromatic rings. The number of carbonyl (C=O) groups excluding carboxylic acids is 2. The van der Waals surface area contributed by atoms with Crippen LogP contribution in [-0.4, -0.2) is 103 Å². The minimum Gasteiger partial charge on any atom is -0.489 e. The summed E-state index contributed by atoms with van der Waals surface area (Å²) in [5.74, 6) is -2.50. The normalized spacial score (nSPS) is 17.7. The first kappa shape index (κ1) is 41.7. The van der Waals surface area contributed by atoms with E-state index in [4.69, 9.17) is 14.6 Å². The number of likely N-dealkylation sites (N-methyl/N-ethyl adjacent to an activating group) is 1. The lowest BCUT2D eigenvalue weighted by Gasteiger charge is -2.39. The summed E-state index contributed by atoms with van der Waals surface area (Å²) in [6, 6.07) is 32.1. The third kappa shape index (κ3) is 11.1. The molecule has 3 N–H and O–H groups in total. The van der Waals surface area contributed by atoms with Gasteiger partial charge in [-0.1, -0.05) is 79.7 Å². The molecule has 2 aliphatic heterocycles. The Labute approximate surface area is 323 Å². The number of carboxylic acid groups (broad SMARTS) is 1. The molecule has 0 aliphatic carbocycles. The quantitative estimate of drug-likeness (QED) is 0.166.